The van der Waals surface area contributed by atoms with Crippen LogP contribution in [-0.4, -0.2) is 55.1 Å². The zero-order valence-corrected chi connectivity index (χ0v) is 20.8. The van der Waals surface area contributed by atoms with E-state index in [0.29, 0.717) is 69.5 Å². The number of amides is 3. The van der Waals surface area contributed by atoms with Gasteiger partial charge < -0.3 is 24.7 Å². The summed E-state index contributed by atoms with van der Waals surface area (Å²) in [6, 6.07) is 5.78. The molecule has 2 heterocycles. The van der Waals surface area contributed by atoms with Crippen LogP contribution in [-0.2, 0) is 20.7 Å². The molecule has 35 heavy (non-hydrogen) atoms. The van der Waals surface area contributed by atoms with Crippen LogP contribution in [0.5, 0.6) is 0 Å². The van der Waals surface area contributed by atoms with Gasteiger partial charge >= 0.3 is 11.7 Å². The van der Waals surface area contributed by atoms with Crippen molar-refractivity contribution in [3.63, 3.8) is 0 Å². The van der Waals surface area contributed by atoms with Gasteiger partial charge in [0.2, 0.25) is 11.8 Å². The maximum absolute atomic E-state index is 12.4. The third kappa shape index (κ3) is 7.31. The van der Waals surface area contributed by atoms with Crippen molar-refractivity contribution in [1.29, 1.82) is 0 Å². The highest BCUT2D eigenvalue weighted by Gasteiger charge is 2.24. The summed E-state index contributed by atoms with van der Waals surface area (Å²) in [4.78, 5) is 50.3. The number of fused-ring (bicyclic) bond motifs is 1. The predicted octanol–water partition coefficient (Wildman–Crippen LogP) is 2.98. The molecule has 2 N–H and O–H groups in total. The number of hydrogen-bond donors (Lipinski definition) is 2. The van der Waals surface area contributed by atoms with Crippen molar-refractivity contribution < 1.29 is 23.5 Å². The van der Waals surface area contributed by atoms with Crippen molar-refractivity contribution in [2.45, 2.75) is 65.3 Å². The maximum atomic E-state index is 12.4. The molecule has 0 spiro atoms. The van der Waals surface area contributed by atoms with E-state index in [9.17, 15) is 19.2 Å². The molecule has 190 valence electrons. The van der Waals surface area contributed by atoms with Crippen molar-refractivity contribution in [1.82, 2.24) is 15.5 Å². The Labute approximate surface area is 205 Å². The topological polar surface area (TPSA) is 118 Å². The van der Waals surface area contributed by atoms with Crippen LogP contribution >= 0.6 is 0 Å². The lowest BCUT2D eigenvalue weighted by atomic mass is 10.0. The van der Waals surface area contributed by atoms with E-state index in [1.807, 2.05) is 32.0 Å². The largest absolute Gasteiger partial charge is 0.450 e. The molecule has 0 bridgehead atoms. The minimum absolute atomic E-state index is 0.0450. The molecule has 9 heteroatoms. The Balaban J connectivity index is 1.35. The molecule has 3 rings (SSSR count). The molecular formula is C26H35N3O6. The zero-order chi connectivity index (χ0) is 25.4. The highest BCUT2D eigenvalue weighted by molar-refractivity contribution is 5.82. The Hall–Kier alpha value is -3.36. The molecule has 0 aliphatic carbocycles. The summed E-state index contributed by atoms with van der Waals surface area (Å²) in [7, 11) is 0. The van der Waals surface area contributed by atoms with Gasteiger partial charge in [-0.25, -0.2) is 9.59 Å². The molecule has 1 aliphatic rings. The Morgan fingerprint density at radius 2 is 1.86 bits per heavy atom. The van der Waals surface area contributed by atoms with E-state index in [1.165, 1.54) is 0 Å². The average molecular weight is 486 g/mol. The second-order valence-corrected chi connectivity index (χ2v) is 8.97. The highest BCUT2D eigenvalue weighted by Crippen LogP contribution is 2.21. The number of nitrogens with zero attached hydrogens (tertiary/aromatic N) is 1. The zero-order valence-electron chi connectivity index (χ0n) is 20.8. The van der Waals surface area contributed by atoms with E-state index in [-0.39, 0.29) is 30.4 Å². The monoisotopic (exact) mass is 485 g/mol. The van der Waals surface area contributed by atoms with Gasteiger partial charge in [0.05, 0.1) is 6.61 Å². The first-order chi connectivity index (χ1) is 16.8. The molecule has 0 atom stereocenters. The van der Waals surface area contributed by atoms with Crippen LogP contribution in [0.25, 0.3) is 11.0 Å². The smallest absolute Gasteiger partial charge is 0.409 e. The summed E-state index contributed by atoms with van der Waals surface area (Å²) in [6.45, 7) is 7.46. The number of likely N-dealkylation sites (tertiary alicyclic amines) is 1. The molecule has 1 aliphatic heterocycles. The van der Waals surface area contributed by atoms with Crippen molar-refractivity contribution in [3.05, 3.63) is 45.3 Å². The lowest BCUT2D eigenvalue weighted by molar-refractivity contribution is -0.123. The van der Waals surface area contributed by atoms with E-state index in [2.05, 4.69) is 10.6 Å². The fraction of sp³-hybridized carbons (Fsp3) is 0.538. The van der Waals surface area contributed by atoms with Crippen LogP contribution in [0.4, 0.5) is 4.79 Å². The van der Waals surface area contributed by atoms with Crippen LogP contribution < -0.4 is 16.3 Å². The van der Waals surface area contributed by atoms with Gasteiger partial charge in [0, 0.05) is 49.5 Å². The summed E-state index contributed by atoms with van der Waals surface area (Å²) in [5.41, 5.74) is 2.53. The molecular weight excluding hydrogens is 450 g/mol. The molecule has 0 unspecified atom stereocenters. The van der Waals surface area contributed by atoms with Gasteiger partial charge in [-0.15, -0.1) is 0 Å². The molecule has 0 saturated carbocycles. The Morgan fingerprint density at radius 1 is 1.11 bits per heavy atom. The first-order valence-corrected chi connectivity index (χ1v) is 12.3. The molecule has 1 fully saturated rings. The second-order valence-electron chi connectivity index (χ2n) is 8.97. The summed E-state index contributed by atoms with van der Waals surface area (Å²) >= 11 is 0. The molecule has 1 aromatic heterocycles. The number of ether oxygens (including phenoxy) is 1. The third-order valence-corrected chi connectivity index (χ3v) is 6.33. The molecule has 3 amide bonds. The van der Waals surface area contributed by atoms with Crippen molar-refractivity contribution >= 4 is 28.9 Å². The quantitative estimate of drug-likeness (QED) is 0.416. The van der Waals surface area contributed by atoms with E-state index in [1.54, 1.807) is 11.8 Å². The van der Waals surface area contributed by atoms with E-state index < -0.39 is 5.63 Å². The molecule has 1 aromatic carbocycles. The summed E-state index contributed by atoms with van der Waals surface area (Å²) in [5, 5.41) is 6.69. The number of rotatable bonds is 9. The van der Waals surface area contributed by atoms with E-state index in [4.69, 9.17) is 9.15 Å². The second kappa shape index (κ2) is 12.4. The van der Waals surface area contributed by atoms with Crippen LogP contribution in [0.3, 0.4) is 0 Å². The van der Waals surface area contributed by atoms with E-state index >= 15 is 0 Å². The standard InChI is InChI=1S/C26H35N3O6/c1-4-34-26(33)29-14-11-19(12-15-29)28-24(31)6-5-13-27-23(30)10-9-21-18(3)20-8-7-17(2)16-22(20)35-25(21)32/h7-8,16,19H,4-6,9-15H2,1-3H3,(H,27,30)(H,28,31). The molecule has 9 nitrogen and oxygen atoms in total. The maximum Gasteiger partial charge on any atom is 0.409 e. The van der Waals surface area contributed by atoms with Gasteiger partial charge in [-0.05, 0) is 63.6 Å². The SMILES string of the molecule is CCOC(=O)N1CCC(NC(=O)CCCNC(=O)CCc2c(C)c3ccc(C)cc3oc2=O)CC1. The number of aryl methyl sites for hydroxylation is 2. The highest BCUT2D eigenvalue weighted by atomic mass is 16.6. The number of carbonyl (C=O) groups is 3. The van der Waals surface area contributed by atoms with Gasteiger partial charge in [-0.3, -0.25) is 9.59 Å². The third-order valence-electron chi connectivity index (χ3n) is 6.33. The minimum atomic E-state index is -0.404. The van der Waals surface area contributed by atoms with Crippen LogP contribution in [0, 0.1) is 13.8 Å². The summed E-state index contributed by atoms with van der Waals surface area (Å²) < 4.78 is 10.4. The Bertz CT molecular complexity index is 1120. The number of nitrogens with one attached hydrogen (secondary N) is 2. The Kier molecular flexibility index (Phi) is 9.28. The first-order valence-electron chi connectivity index (χ1n) is 12.3. The average Bonchev–Trinajstić information content (AvgIpc) is 2.82. The molecule has 0 radical (unpaired) electrons. The lowest BCUT2D eigenvalue weighted by Crippen LogP contribution is -2.46. The summed E-state index contributed by atoms with van der Waals surface area (Å²) in [5.74, 6) is -0.229. The summed E-state index contributed by atoms with van der Waals surface area (Å²) in [6.07, 6.45) is 2.40. The fourth-order valence-electron chi connectivity index (χ4n) is 4.32. The predicted molar refractivity (Wildman–Crippen MR) is 132 cm³/mol. The van der Waals surface area contributed by atoms with Gasteiger partial charge in [-0.2, -0.15) is 0 Å². The fourth-order valence-corrected chi connectivity index (χ4v) is 4.32. The van der Waals surface area contributed by atoms with Crippen molar-refractivity contribution in [3.8, 4) is 0 Å². The van der Waals surface area contributed by atoms with E-state index in [0.717, 1.165) is 16.5 Å². The Morgan fingerprint density at radius 3 is 2.57 bits per heavy atom. The van der Waals surface area contributed by atoms with Gasteiger partial charge in [0.1, 0.15) is 5.58 Å². The number of carbonyl (C=O) groups excluding carboxylic acids is 3. The van der Waals surface area contributed by atoms with Gasteiger partial charge in [-0.1, -0.05) is 12.1 Å². The molecule has 2 aromatic rings. The first kappa shape index (κ1) is 26.2. The van der Waals surface area contributed by atoms with Gasteiger partial charge in [0.15, 0.2) is 0 Å². The van der Waals surface area contributed by atoms with Gasteiger partial charge in [0.25, 0.3) is 0 Å². The lowest BCUT2D eigenvalue weighted by Gasteiger charge is -2.31. The number of hydrogen-bond acceptors (Lipinski definition) is 6. The molecule has 1 saturated heterocycles. The number of piperidine rings is 1. The minimum Gasteiger partial charge on any atom is -0.450 e. The van der Waals surface area contributed by atoms with Crippen molar-refractivity contribution in [2.75, 3.05) is 26.2 Å². The van der Waals surface area contributed by atoms with Crippen LogP contribution in [0.2, 0.25) is 0 Å². The van der Waals surface area contributed by atoms with Crippen LogP contribution in [0.1, 0.15) is 55.7 Å². The normalized spacial score (nSPS) is 14.1. The number of benzene rings is 1. The van der Waals surface area contributed by atoms with Crippen LogP contribution in [0.15, 0.2) is 27.4 Å². The van der Waals surface area contributed by atoms with Crippen molar-refractivity contribution in [2.24, 2.45) is 0 Å².